The summed E-state index contributed by atoms with van der Waals surface area (Å²) in [7, 11) is 0. The van der Waals surface area contributed by atoms with Gasteiger partial charge in [-0.05, 0) is 30.5 Å². The molecule has 3 heterocycles. The zero-order valence-electron chi connectivity index (χ0n) is 17.3. The number of likely N-dealkylation sites (tertiary alicyclic amines) is 1. The molecule has 7 nitrogen and oxygen atoms in total. The van der Waals surface area contributed by atoms with Gasteiger partial charge in [0.1, 0.15) is 6.04 Å². The van der Waals surface area contributed by atoms with Gasteiger partial charge in [0.2, 0.25) is 5.91 Å². The molecule has 2 fully saturated rings. The molecule has 1 N–H and O–H groups in total. The van der Waals surface area contributed by atoms with Crippen LogP contribution in [0.4, 0.5) is 0 Å². The summed E-state index contributed by atoms with van der Waals surface area (Å²) in [4.78, 5) is 31.7. The average molecular weight is 411 g/mol. The Balaban J connectivity index is 1.17. The Hall–Kier alpha value is -2.64. The van der Waals surface area contributed by atoms with Gasteiger partial charge in [-0.3, -0.25) is 19.4 Å². The van der Waals surface area contributed by atoms with E-state index >= 15 is 0 Å². The van der Waals surface area contributed by atoms with Crippen LogP contribution < -0.4 is 5.32 Å². The molecule has 0 aliphatic carbocycles. The number of rotatable bonds is 7. The van der Waals surface area contributed by atoms with Gasteiger partial charge in [0.05, 0.1) is 6.26 Å². The minimum absolute atomic E-state index is 0.0601. The number of hydrogen-bond acceptors (Lipinski definition) is 5. The summed E-state index contributed by atoms with van der Waals surface area (Å²) in [5.74, 6) is 0.0328. The van der Waals surface area contributed by atoms with Crippen LogP contribution in [0.1, 0.15) is 29.0 Å². The maximum absolute atomic E-state index is 12.7. The van der Waals surface area contributed by atoms with Crippen LogP contribution in [0.15, 0.2) is 53.1 Å². The molecule has 1 aromatic carbocycles. The van der Waals surface area contributed by atoms with E-state index in [0.29, 0.717) is 25.3 Å². The van der Waals surface area contributed by atoms with Gasteiger partial charge in [0, 0.05) is 52.4 Å². The number of hydrogen-bond donors (Lipinski definition) is 1. The third kappa shape index (κ3) is 5.09. The lowest BCUT2D eigenvalue weighted by atomic mass is 10.2. The Labute approximate surface area is 177 Å². The summed E-state index contributed by atoms with van der Waals surface area (Å²) < 4.78 is 5.21. The molecule has 4 rings (SSSR count). The van der Waals surface area contributed by atoms with Crippen molar-refractivity contribution in [1.29, 1.82) is 0 Å². The average Bonchev–Trinajstić information content (AvgIpc) is 3.48. The van der Waals surface area contributed by atoms with E-state index in [1.807, 2.05) is 6.07 Å². The number of carbonyl (C=O) groups is 2. The van der Waals surface area contributed by atoms with E-state index in [4.69, 9.17) is 4.42 Å². The van der Waals surface area contributed by atoms with Crippen molar-refractivity contribution in [2.45, 2.75) is 25.4 Å². The van der Waals surface area contributed by atoms with Gasteiger partial charge < -0.3 is 14.6 Å². The largest absolute Gasteiger partial charge is 0.459 e. The molecule has 1 aromatic heterocycles. The fourth-order valence-corrected chi connectivity index (χ4v) is 4.29. The molecule has 0 saturated carbocycles. The zero-order valence-corrected chi connectivity index (χ0v) is 17.3. The summed E-state index contributed by atoms with van der Waals surface area (Å²) in [5, 5.41) is 3.03. The van der Waals surface area contributed by atoms with E-state index in [0.717, 1.165) is 45.7 Å². The summed E-state index contributed by atoms with van der Waals surface area (Å²) in [6.45, 7) is 7.13. The maximum atomic E-state index is 12.7. The van der Waals surface area contributed by atoms with Crippen LogP contribution in [0, 0.1) is 0 Å². The van der Waals surface area contributed by atoms with E-state index in [1.54, 1.807) is 17.0 Å². The molecule has 0 spiro atoms. The van der Waals surface area contributed by atoms with Crippen LogP contribution in [-0.4, -0.2) is 78.4 Å². The first-order valence-corrected chi connectivity index (χ1v) is 10.8. The maximum Gasteiger partial charge on any atom is 0.290 e. The molecule has 2 aliphatic rings. The molecule has 0 bridgehead atoms. The van der Waals surface area contributed by atoms with Gasteiger partial charge in [-0.1, -0.05) is 30.3 Å². The zero-order chi connectivity index (χ0) is 20.8. The Bertz CT molecular complexity index is 816. The van der Waals surface area contributed by atoms with E-state index in [-0.39, 0.29) is 11.8 Å². The minimum atomic E-state index is -0.398. The smallest absolute Gasteiger partial charge is 0.290 e. The third-order valence-electron chi connectivity index (χ3n) is 5.99. The number of carbonyl (C=O) groups excluding carboxylic acids is 2. The van der Waals surface area contributed by atoms with Crippen LogP contribution in [0.2, 0.25) is 0 Å². The van der Waals surface area contributed by atoms with Crippen LogP contribution in [0.3, 0.4) is 0 Å². The van der Waals surface area contributed by atoms with E-state index in [2.05, 4.69) is 39.4 Å². The molecule has 2 saturated heterocycles. The normalized spacial score (nSPS) is 20.4. The van der Waals surface area contributed by atoms with Gasteiger partial charge in [-0.25, -0.2) is 0 Å². The van der Waals surface area contributed by atoms with Crippen molar-refractivity contribution < 1.29 is 14.0 Å². The van der Waals surface area contributed by atoms with Crippen molar-refractivity contribution in [2.24, 2.45) is 0 Å². The summed E-state index contributed by atoms with van der Waals surface area (Å²) >= 11 is 0. The highest BCUT2D eigenvalue weighted by Crippen LogP contribution is 2.20. The lowest BCUT2D eigenvalue weighted by Gasteiger charge is -2.34. The summed E-state index contributed by atoms with van der Waals surface area (Å²) in [6, 6.07) is 13.5. The number of amides is 2. The van der Waals surface area contributed by atoms with E-state index in [1.165, 1.54) is 11.8 Å². The second-order valence-electron chi connectivity index (χ2n) is 8.03. The van der Waals surface area contributed by atoms with Crippen LogP contribution >= 0.6 is 0 Å². The fourth-order valence-electron chi connectivity index (χ4n) is 4.29. The second kappa shape index (κ2) is 9.91. The van der Waals surface area contributed by atoms with Gasteiger partial charge in [-0.15, -0.1) is 0 Å². The number of benzene rings is 1. The first kappa shape index (κ1) is 20.6. The highest BCUT2D eigenvalue weighted by Gasteiger charge is 2.35. The minimum Gasteiger partial charge on any atom is -0.459 e. The standard InChI is InChI=1S/C23H30N4O3/c28-22(20-8-4-11-27(20)23(29)21-9-5-17-30-21)24-10-12-25-13-15-26(16-14-25)18-19-6-2-1-3-7-19/h1-3,5-7,9,17,20H,4,8,10-16,18H2,(H,24,28). The Morgan fingerprint density at radius 2 is 1.73 bits per heavy atom. The SMILES string of the molecule is O=C(NCCN1CCN(Cc2ccccc2)CC1)C1CCCN1C(=O)c1ccco1. The van der Waals surface area contributed by atoms with Crippen molar-refractivity contribution >= 4 is 11.8 Å². The first-order chi connectivity index (χ1) is 14.7. The number of nitrogens with one attached hydrogen (secondary N) is 1. The van der Waals surface area contributed by atoms with Crippen LogP contribution in [0.25, 0.3) is 0 Å². The van der Waals surface area contributed by atoms with Crippen molar-refractivity contribution in [3.8, 4) is 0 Å². The van der Waals surface area contributed by atoms with Gasteiger partial charge >= 0.3 is 0 Å². The number of piperazine rings is 1. The molecule has 160 valence electrons. The van der Waals surface area contributed by atoms with Crippen molar-refractivity contribution in [3.63, 3.8) is 0 Å². The van der Waals surface area contributed by atoms with E-state index in [9.17, 15) is 9.59 Å². The summed E-state index contributed by atoms with van der Waals surface area (Å²) in [5.41, 5.74) is 1.35. The van der Waals surface area contributed by atoms with Gasteiger partial charge in [0.25, 0.3) is 5.91 Å². The van der Waals surface area contributed by atoms with Crippen molar-refractivity contribution in [1.82, 2.24) is 20.0 Å². The van der Waals surface area contributed by atoms with Crippen molar-refractivity contribution in [2.75, 3.05) is 45.8 Å². The highest BCUT2D eigenvalue weighted by molar-refractivity contribution is 5.95. The fraction of sp³-hybridized carbons (Fsp3) is 0.478. The molecule has 1 unspecified atom stereocenters. The number of nitrogens with zero attached hydrogens (tertiary/aromatic N) is 3. The predicted molar refractivity (Wildman–Crippen MR) is 114 cm³/mol. The quantitative estimate of drug-likeness (QED) is 0.754. The van der Waals surface area contributed by atoms with Crippen LogP contribution in [-0.2, 0) is 11.3 Å². The predicted octanol–water partition coefficient (Wildman–Crippen LogP) is 1.82. The number of furan rings is 1. The van der Waals surface area contributed by atoms with Crippen molar-refractivity contribution in [3.05, 3.63) is 60.1 Å². The molecular weight excluding hydrogens is 380 g/mol. The summed E-state index contributed by atoms with van der Waals surface area (Å²) in [6.07, 6.45) is 3.03. The molecule has 2 aliphatic heterocycles. The van der Waals surface area contributed by atoms with Gasteiger partial charge in [-0.2, -0.15) is 0 Å². The Kier molecular flexibility index (Phi) is 6.81. The molecule has 7 heteroatoms. The Morgan fingerprint density at radius 3 is 2.47 bits per heavy atom. The van der Waals surface area contributed by atoms with Crippen LogP contribution in [0.5, 0.6) is 0 Å². The lowest BCUT2D eigenvalue weighted by Crippen LogP contribution is -2.50. The second-order valence-corrected chi connectivity index (χ2v) is 8.03. The molecule has 2 aromatic rings. The monoisotopic (exact) mass is 410 g/mol. The molecule has 1 atom stereocenters. The van der Waals surface area contributed by atoms with Gasteiger partial charge in [0.15, 0.2) is 5.76 Å². The molecular formula is C23H30N4O3. The topological polar surface area (TPSA) is 69.0 Å². The molecule has 0 radical (unpaired) electrons. The first-order valence-electron chi connectivity index (χ1n) is 10.8. The van der Waals surface area contributed by atoms with E-state index < -0.39 is 6.04 Å². The Morgan fingerprint density at radius 1 is 0.967 bits per heavy atom. The molecule has 30 heavy (non-hydrogen) atoms. The lowest BCUT2D eigenvalue weighted by molar-refractivity contribution is -0.124. The third-order valence-corrected chi connectivity index (χ3v) is 5.99. The molecule has 2 amide bonds. The highest BCUT2D eigenvalue weighted by atomic mass is 16.3.